The van der Waals surface area contributed by atoms with Crippen molar-refractivity contribution < 1.29 is 4.79 Å². The van der Waals surface area contributed by atoms with Crippen LogP contribution in [-0.4, -0.2) is 71.7 Å². The third kappa shape index (κ3) is 4.44. The van der Waals surface area contributed by atoms with Gasteiger partial charge in [-0.05, 0) is 36.8 Å². The van der Waals surface area contributed by atoms with Crippen molar-refractivity contribution in [3.63, 3.8) is 0 Å². The van der Waals surface area contributed by atoms with Gasteiger partial charge < -0.3 is 9.80 Å². The molecule has 2 atom stereocenters. The van der Waals surface area contributed by atoms with Gasteiger partial charge in [0.05, 0.1) is 6.54 Å². The molecule has 0 spiro atoms. The zero-order chi connectivity index (χ0) is 16.9. The van der Waals surface area contributed by atoms with E-state index in [4.69, 9.17) is 0 Å². The van der Waals surface area contributed by atoms with Crippen LogP contribution in [0.15, 0.2) is 18.3 Å². The van der Waals surface area contributed by atoms with Gasteiger partial charge in [-0.15, -0.1) is 5.10 Å². The smallest absolute Gasteiger partial charge is 0.236 e. The Labute approximate surface area is 144 Å². The van der Waals surface area contributed by atoms with Crippen molar-refractivity contribution in [3.05, 3.63) is 18.3 Å². The fraction of sp³-hybridized carbons (Fsp3) is 0.722. The SMILES string of the molecule is C[C@H]1C[C@H](C)CN(C(=O)CN2CCCN(c3cccnn3)CC2)C1. The summed E-state index contributed by atoms with van der Waals surface area (Å²) in [4.78, 5) is 19.3. The Balaban J connectivity index is 1.52. The molecule has 0 aliphatic carbocycles. The fourth-order valence-electron chi connectivity index (χ4n) is 3.98. The number of amides is 1. The molecule has 0 aromatic carbocycles. The molecule has 1 aromatic rings. The maximum atomic E-state index is 12.7. The summed E-state index contributed by atoms with van der Waals surface area (Å²) in [6, 6.07) is 3.93. The summed E-state index contributed by atoms with van der Waals surface area (Å²) in [5.74, 6) is 2.47. The van der Waals surface area contributed by atoms with E-state index in [9.17, 15) is 4.79 Å². The lowest BCUT2D eigenvalue weighted by molar-refractivity contribution is -0.135. The third-order valence-corrected chi connectivity index (χ3v) is 5.05. The highest BCUT2D eigenvalue weighted by Gasteiger charge is 2.27. The van der Waals surface area contributed by atoms with Crippen LogP contribution in [0.4, 0.5) is 5.82 Å². The van der Waals surface area contributed by atoms with Gasteiger partial charge >= 0.3 is 0 Å². The molecule has 2 fully saturated rings. The zero-order valence-electron chi connectivity index (χ0n) is 14.9. The Morgan fingerprint density at radius 3 is 2.67 bits per heavy atom. The molecule has 2 aliphatic rings. The summed E-state index contributed by atoms with van der Waals surface area (Å²) in [7, 11) is 0. The van der Waals surface area contributed by atoms with Crippen LogP contribution in [0.3, 0.4) is 0 Å². The summed E-state index contributed by atoms with van der Waals surface area (Å²) in [6.07, 6.45) is 3.99. The molecule has 0 N–H and O–H groups in total. The van der Waals surface area contributed by atoms with Crippen LogP contribution in [0.2, 0.25) is 0 Å². The van der Waals surface area contributed by atoms with Crippen molar-refractivity contribution in [1.29, 1.82) is 0 Å². The second-order valence-electron chi connectivity index (χ2n) is 7.44. The predicted octanol–water partition coefficient (Wildman–Crippen LogP) is 1.49. The number of anilines is 1. The highest BCUT2D eigenvalue weighted by molar-refractivity contribution is 5.78. The van der Waals surface area contributed by atoms with Crippen LogP contribution in [0.1, 0.15) is 26.7 Å². The Hall–Kier alpha value is -1.69. The maximum Gasteiger partial charge on any atom is 0.236 e. The number of hydrogen-bond donors (Lipinski definition) is 0. The highest BCUT2D eigenvalue weighted by atomic mass is 16.2. The van der Waals surface area contributed by atoms with Crippen LogP contribution in [0.25, 0.3) is 0 Å². The molecular weight excluding hydrogens is 302 g/mol. The van der Waals surface area contributed by atoms with E-state index >= 15 is 0 Å². The molecule has 2 aliphatic heterocycles. The van der Waals surface area contributed by atoms with Crippen LogP contribution in [-0.2, 0) is 4.79 Å². The molecule has 6 heteroatoms. The monoisotopic (exact) mass is 331 g/mol. The lowest BCUT2D eigenvalue weighted by atomic mass is 9.92. The summed E-state index contributed by atoms with van der Waals surface area (Å²) in [5, 5.41) is 8.17. The minimum Gasteiger partial charge on any atom is -0.354 e. The Kier molecular flexibility index (Phi) is 5.66. The molecule has 1 amide bonds. The molecule has 3 heterocycles. The molecule has 2 saturated heterocycles. The Morgan fingerprint density at radius 1 is 1.17 bits per heavy atom. The molecule has 6 nitrogen and oxygen atoms in total. The van der Waals surface area contributed by atoms with Gasteiger partial charge in [0, 0.05) is 45.5 Å². The van der Waals surface area contributed by atoms with Crippen molar-refractivity contribution in [3.8, 4) is 0 Å². The van der Waals surface area contributed by atoms with Gasteiger partial charge in [0.2, 0.25) is 5.91 Å². The number of rotatable bonds is 3. The second-order valence-corrected chi connectivity index (χ2v) is 7.44. The van der Waals surface area contributed by atoms with Gasteiger partial charge in [-0.3, -0.25) is 9.69 Å². The molecule has 0 radical (unpaired) electrons. The van der Waals surface area contributed by atoms with E-state index in [-0.39, 0.29) is 0 Å². The number of aromatic nitrogens is 2. The maximum absolute atomic E-state index is 12.7. The van der Waals surface area contributed by atoms with Gasteiger partial charge in [0.1, 0.15) is 0 Å². The van der Waals surface area contributed by atoms with E-state index in [1.807, 2.05) is 12.1 Å². The van der Waals surface area contributed by atoms with Crippen LogP contribution < -0.4 is 4.90 Å². The van der Waals surface area contributed by atoms with Crippen molar-refractivity contribution in [1.82, 2.24) is 20.0 Å². The second kappa shape index (κ2) is 7.92. The molecular formula is C18H29N5O. The standard InChI is InChI=1S/C18H29N5O/c1-15-11-16(2)13-23(12-15)18(24)14-21-7-4-8-22(10-9-21)17-5-3-6-19-20-17/h3,5-6,15-16H,4,7-14H2,1-2H3/t15-,16-/m0/s1. The highest BCUT2D eigenvalue weighted by Crippen LogP contribution is 2.21. The van der Waals surface area contributed by atoms with Crippen molar-refractivity contribution in [2.75, 3.05) is 50.7 Å². The van der Waals surface area contributed by atoms with E-state index in [2.05, 4.69) is 38.7 Å². The van der Waals surface area contributed by atoms with Crippen molar-refractivity contribution in [2.45, 2.75) is 26.7 Å². The van der Waals surface area contributed by atoms with Gasteiger partial charge in [0.25, 0.3) is 0 Å². The lowest BCUT2D eigenvalue weighted by Crippen LogP contribution is -2.47. The summed E-state index contributed by atoms with van der Waals surface area (Å²) in [6.45, 7) is 10.6. The molecule has 0 unspecified atom stereocenters. The van der Waals surface area contributed by atoms with E-state index < -0.39 is 0 Å². The molecule has 132 valence electrons. The van der Waals surface area contributed by atoms with Gasteiger partial charge in [-0.1, -0.05) is 13.8 Å². The first-order valence-electron chi connectivity index (χ1n) is 9.14. The number of likely N-dealkylation sites (tertiary alicyclic amines) is 1. The molecule has 24 heavy (non-hydrogen) atoms. The minimum absolute atomic E-state index is 0.293. The summed E-state index contributed by atoms with van der Waals surface area (Å²) < 4.78 is 0. The van der Waals surface area contributed by atoms with E-state index in [0.29, 0.717) is 24.3 Å². The zero-order valence-corrected chi connectivity index (χ0v) is 14.9. The number of hydrogen-bond acceptors (Lipinski definition) is 5. The normalized spacial score (nSPS) is 26.2. The van der Waals surface area contributed by atoms with E-state index in [1.54, 1.807) is 6.20 Å². The number of nitrogens with zero attached hydrogens (tertiary/aromatic N) is 5. The summed E-state index contributed by atoms with van der Waals surface area (Å²) >= 11 is 0. The first-order valence-corrected chi connectivity index (χ1v) is 9.14. The van der Waals surface area contributed by atoms with E-state index in [0.717, 1.165) is 51.5 Å². The Morgan fingerprint density at radius 2 is 1.96 bits per heavy atom. The number of carbonyl (C=O) groups is 1. The lowest BCUT2D eigenvalue weighted by Gasteiger charge is -2.36. The Bertz CT molecular complexity index is 527. The molecule has 1 aromatic heterocycles. The fourth-order valence-corrected chi connectivity index (χ4v) is 3.98. The summed E-state index contributed by atoms with van der Waals surface area (Å²) in [5.41, 5.74) is 0. The molecule has 3 rings (SSSR count). The van der Waals surface area contributed by atoms with Crippen molar-refractivity contribution in [2.24, 2.45) is 11.8 Å². The largest absolute Gasteiger partial charge is 0.354 e. The first-order chi connectivity index (χ1) is 11.6. The van der Waals surface area contributed by atoms with E-state index in [1.165, 1.54) is 6.42 Å². The number of carbonyl (C=O) groups excluding carboxylic acids is 1. The minimum atomic E-state index is 0.293. The van der Waals surface area contributed by atoms with Gasteiger partial charge in [-0.2, -0.15) is 5.10 Å². The average Bonchev–Trinajstić information content (AvgIpc) is 2.80. The third-order valence-electron chi connectivity index (χ3n) is 5.05. The van der Waals surface area contributed by atoms with Gasteiger partial charge in [-0.25, -0.2) is 0 Å². The first kappa shape index (κ1) is 17.1. The topological polar surface area (TPSA) is 52.6 Å². The van der Waals surface area contributed by atoms with Crippen molar-refractivity contribution >= 4 is 11.7 Å². The number of piperidine rings is 1. The quantitative estimate of drug-likeness (QED) is 0.840. The van der Waals surface area contributed by atoms with Crippen LogP contribution in [0, 0.1) is 11.8 Å². The van der Waals surface area contributed by atoms with Crippen LogP contribution >= 0.6 is 0 Å². The van der Waals surface area contributed by atoms with Gasteiger partial charge in [0.15, 0.2) is 5.82 Å². The molecule has 0 saturated carbocycles. The average molecular weight is 331 g/mol. The van der Waals surface area contributed by atoms with Crippen LogP contribution in [0.5, 0.6) is 0 Å². The molecule has 0 bridgehead atoms. The predicted molar refractivity (Wildman–Crippen MR) is 94.8 cm³/mol.